The van der Waals surface area contributed by atoms with Crippen LogP contribution in [0, 0.1) is 5.82 Å². The van der Waals surface area contributed by atoms with Gasteiger partial charge in [0.15, 0.2) is 5.13 Å². The average Bonchev–Trinajstić information content (AvgIpc) is 3.02. The number of rotatable bonds is 3. The highest BCUT2D eigenvalue weighted by atomic mass is 32.1. The zero-order chi connectivity index (χ0) is 15.6. The van der Waals surface area contributed by atoms with Gasteiger partial charge in [-0.15, -0.1) is 0 Å². The number of nitrogens with zero attached hydrogens (tertiary/aromatic N) is 2. The number of hydrogen-bond donors (Lipinski definition) is 1. The maximum Gasteiger partial charge on any atom is 0.186 e. The van der Waals surface area contributed by atoms with Crippen molar-refractivity contribution in [1.82, 2.24) is 4.98 Å². The van der Waals surface area contributed by atoms with Crippen molar-refractivity contribution < 1.29 is 4.39 Å². The van der Waals surface area contributed by atoms with E-state index in [9.17, 15) is 4.39 Å². The lowest BCUT2D eigenvalue weighted by atomic mass is 10.1. The van der Waals surface area contributed by atoms with E-state index in [2.05, 4.69) is 28.4 Å². The van der Waals surface area contributed by atoms with Gasteiger partial charge in [-0.05, 0) is 49.2 Å². The zero-order valence-corrected chi connectivity index (χ0v) is 13.5. The second-order valence-electron chi connectivity index (χ2n) is 5.88. The highest BCUT2D eigenvalue weighted by Crippen LogP contribution is 2.30. The Morgan fingerprint density at radius 2 is 1.78 bits per heavy atom. The van der Waals surface area contributed by atoms with Crippen molar-refractivity contribution in [2.75, 3.05) is 23.3 Å². The quantitative estimate of drug-likeness (QED) is 0.767. The van der Waals surface area contributed by atoms with Crippen LogP contribution in [0.15, 0.2) is 48.5 Å². The summed E-state index contributed by atoms with van der Waals surface area (Å²) in [6.45, 7) is 2.00. The van der Waals surface area contributed by atoms with Crippen LogP contribution in [-0.2, 0) is 0 Å². The molecule has 0 radical (unpaired) electrons. The third kappa shape index (κ3) is 3.15. The Bertz CT molecular complexity index is 758. The Kier molecular flexibility index (Phi) is 3.87. The Morgan fingerprint density at radius 3 is 2.52 bits per heavy atom. The molecule has 1 N–H and O–H groups in total. The fourth-order valence-corrected chi connectivity index (χ4v) is 4.01. The summed E-state index contributed by atoms with van der Waals surface area (Å²) in [5, 5.41) is 4.61. The van der Waals surface area contributed by atoms with Crippen molar-refractivity contribution in [3.05, 3.63) is 54.3 Å². The highest BCUT2D eigenvalue weighted by Gasteiger charge is 2.21. The van der Waals surface area contributed by atoms with E-state index in [-0.39, 0.29) is 5.82 Å². The molecular formula is C18H18FN3S. The summed E-state index contributed by atoms with van der Waals surface area (Å²) in [7, 11) is 0. The summed E-state index contributed by atoms with van der Waals surface area (Å²) in [6.07, 6.45) is 2.13. The number of thiazole rings is 1. The first-order valence-corrected chi connectivity index (χ1v) is 8.72. The van der Waals surface area contributed by atoms with Gasteiger partial charge in [0.1, 0.15) is 5.82 Å². The number of nitrogens with one attached hydrogen (secondary N) is 1. The second kappa shape index (κ2) is 6.16. The largest absolute Gasteiger partial charge is 0.382 e. The summed E-state index contributed by atoms with van der Waals surface area (Å²) in [4.78, 5) is 7.11. The van der Waals surface area contributed by atoms with Crippen LogP contribution in [0.2, 0.25) is 0 Å². The van der Waals surface area contributed by atoms with Crippen molar-refractivity contribution in [2.45, 2.75) is 18.9 Å². The minimum absolute atomic E-state index is 0.193. The molecule has 118 valence electrons. The lowest BCUT2D eigenvalue weighted by Crippen LogP contribution is -2.39. The molecule has 1 fully saturated rings. The van der Waals surface area contributed by atoms with Crippen molar-refractivity contribution in [1.29, 1.82) is 0 Å². The second-order valence-corrected chi connectivity index (χ2v) is 6.89. The molecule has 0 bridgehead atoms. The smallest absolute Gasteiger partial charge is 0.186 e. The van der Waals surface area contributed by atoms with E-state index < -0.39 is 0 Å². The maximum absolute atomic E-state index is 13.0. The predicted molar refractivity (Wildman–Crippen MR) is 94.9 cm³/mol. The maximum atomic E-state index is 13.0. The monoisotopic (exact) mass is 327 g/mol. The summed E-state index contributed by atoms with van der Waals surface area (Å²) >= 11 is 1.76. The van der Waals surface area contributed by atoms with Gasteiger partial charge in [0.2, 0.25) is 0 Å². The molecule has 0 amide bonds. The van der Waals surface area contributed by atoms with E-state index in [0.717, 1.165) is 42.3 Å². The lowest BCUT2D eigenvalue weighted by Gasteiger charge is -2.32. The van der Waals surface area contributed by atoms with Gasteiger partial charge in [-0.3, -0.25) is 0 Å². The number of benzene rings is 2. The number of piperidine rings is 1. The van der Waals surface area contributed by atoms with E-state index in [4.69, 9.17) is 4.98 Å². The Hall–Kier alpha value is -2.14. The Balaban J connectivity index is 1.39. The Morgan fingerprint density at radius 1 is 1.04 bits per heavy atom. The van der Waals surface area contributed by atoms with Crippen molar-refractivity contribution in [3.63, 3.8) is 0 Å². The molecule has 0 atom stereocenters. The van der Waals surface area contributed by atoms with Gasteiger partial charge >= 0.3 is 0 Å². The van der Waals surface area contributed by atoms with E-state index >= 15 is 0 Å². The van der Waals surface area contributed by atoms with Gasteiger partial charge in [0.25, 0.3) is 0 Å². The number of halogens is 1. The van der Waals surface area contributed by atoms with Crippen molar-refractivity contribution in [3.8, 4) is 0 Å². The molecule has 3 aromatic rings. The van der Waals surface area contributed by atoms with Crippen LogP contribution in [0.5, 0.6) is 0 Å². The molecule has 3 nitrogen and oxygen atoms in total. The zero-order valence-electron chi connectivity index (χ0n) is 12.7. The van der Waals surface area contributed by atoms with Gasteiger partial charge in [-0.2, -0.15) is 0 Å². The molecule has 1 aliphatic heterocycles. The average molecular weight is 327 g/mol. The predicted octanol–water partition coefficient (Wildman–Crippen LogP) is 4.52. The van der Waals surface area contributed by atoms with Gasteiger partial charge < -0.3 is 10.2 Å². The van der Waals surface area contributed by atoms with E-state index in [1.807, 2.05) is 6.07 Å². The van der Waals surface area contributed by atoms with Gasteiger partial charge in [0.05, 0.1) is 10.2 Å². The third-order valence-electron chi connectivity index (χ3n) is 4.26. The molecule has 2 heterocycles. The van der Waals surface area contributed by atoms with Crippen molar-refractivity contribution >= 4 is 32.4 Å². The van der Waals surface area contributed by atoms with Crippen LogP contribution in [0.25, 0.3) is 10.2 Å². The SMILES string of the molecule is Fc1ccc(NC2CCN(c3nc4ccccc4s3)CC2)cc1. The normalized spacial score (nSPS) is 16.0. The van der Waals surface area contributed by atoms with Crippen LogP contribution in [0.4, 0.5) is 15.2 Å². The van der Waals surface area contributed by atoms with Crippen LogP contribution in [0.3, 0.4) is 0 Å². The molecule has 0 spiro atoms. The summed E-state index contributed by atoms with van der Waals surface area (Å²) in [6, 6.07) is 15.3. The van der Waals surface area contributed by atoms with Crippen LogP contribution >= 0.6 is 11.3 Å². The Labute approximate surface area is 138 Å². The number of aromatic nitrogens is 1. The van der Waals surface area contributed by atoms with Gasteiger partial charge in [-0.25, -0.2) is 9.37 Å². The van der Waals surface area contributed by atoms with Crippen LogP contribution in [0.1, 0.15) is 12.8 Å². The van der Waals surface area contributed by atoms with Crippen LogP contribution < -0.4 is 10.2 Å². The molecule has 0 aliphatic carbocycles. The van der Waals surface area contributed by atoms with Gasteiger partial charge in [0, 0.05) is 24.8 Å². The molecule has 5 heteroatoms. The fourth-order valence-electron chi connectivity index (χ4n) is 2.99. The standard InChI is InChI=1S/C18H18FN3S/c19-13-5-7-14(8-6-13)20-15-9-11-22(12-10-15)18-21-16-3-1-2-4-17(16)23-18/h1-8,15,20H,9-12H2. The lowest BCUT2D eigenvalue weighted by molar-refractivity contribution is 0.526. The molecular weight excluding hydrogens is 309 g/mol. The molecule has 1 aliphatic rings. The van der Waals surface area contributed by atoms with Crippen LogP contribution in [-0.4, -0.2) is 24.1 Å². The third-order valence-corrected chi connectivity index (χ3v) is 5.36. The van der Waals surface area contributed by atoms with Crippen molar-refractivity contribution in [2.24, 2.45) is 0 Å². The first-order valence-electron chi connectivity index (χ1n) is 7.90. The van der Waals surface area contributed by atoms with E-state index in [0.29, 0.717) is 6.04 Å². The van der Waals surface area contributed by atoms with Gasteiger partial charge in [-0.1, -0.05) is 23.5 Å². The molecule has 0 saturated carbocycles. The molecule has 0 unspecified atom stereocenters. The molecule has 2 aromatic carbocycles. The summed E-state index contributed by atoms with van der Waals surface area (Å²) < 4.78 is 14.2. The molecule has 23 heavy (non-hydrogen) atoms. The molecule has 1 aromatic heterocycles. The summed E-state index contributed by atoms with van der Waals surface area (Å²) in [5.41, 5.74) is 2.07. The minimum Gasteiger partial charge on any atom is -0.382 e. The highest BCUT2D eigenvalue weighted by molar-refractivity contribution is 7.22. The summed E-state index contributed by atoms with van der Waals surface area (Å²) in [5.74, 6) is -0.193. The first kappa shape index (κ1) is 14.5. The number of para-hydroxylation sites is 1. The first-order chi connectivity index (χ1) is 11.3. The van der Waals surface area contributed by atoms with E-state index in [1.165, 1.54) is 16.8 Å². The molecule has 4 rings (SSSR count). The number of fused-ring (bicyclic) bond motifs is 1. The topological polar surface area (TPSA) is 28.2 Å². The number of hydrogen-bond acceptors (Lipinski definition) is 4. The number of anilines is 2. The fraction of sp³-hybridized carbons (Fsp3) is 0.278. The van der Waals surface area contributed by atoms with E-state index in [1.54, 1.807) is 23.5 Å². The minimum atomic E-state index is -0.193. The molecule has 1 saturated heterocycles.